The molecular formula is C15H15BrN2O. The second-order valence-corrected chi connectivity index (χ2v) is 5.27. The number of aryl methyl sites for hydroxylation is 2. The van der Waals surface area contributed by atoms with E-state index in [1.165, 1.54) is 0 Å². The zero-order chi connectivity index (χ0) is 13.8. The Hall–Kier alpha value is -1.68. The highest BCUT2D eigenvalue weighted by molar-refractivity contribution is 9.10. The monoisotopic (exact) mass is 318 g/mol. The van der Waals surface area contributed by atoms with Crippen molar-refractivity contribution in [2.24, 2.45) is 0 Å². The average Bonchev–Trinajstić information content (AvgIpc) is 2.39. The summed E-state index contributed by atoms with van der Waals surface area (Å²) < 4.78 is 1.00. The van der Waals surface area contributed by atoms with Crippen LogP contribution in [-0.4, -0.2) is 10.9 Å². The highest BCUT2D eigenvalue weighted by atomic mass is 79.9. The molecule has 0 aliphatic carbocycles. The van der Waals surface area contributed by atoms with E-state index in [9.17, 15) is 4.79 Å². The minimum atomic E-state index is -0.0843. The Labute approximate surface area is 121 Å². The molecule has 1 amide bonds. The third-order valence-corrected chi connectivity index (χ3v) is 3.69. The van der Waals surface area contributed by atoms with Crippen LogP contribution in [0.5, 0.6) is 0 Å². The molecule has 98 valence electrons. The molecule has 0 saturated heterocycles. The van der Waals surface area contributed by atoms with Gasteiger partial charge < -0.3 is 5.32 Å². The van der Waals surface area contributed by atoms with Crippen molar-refractivity contribution in [1.82, 2.24) is 10.3 Å². The van der Waals surface area contributed by atoms with Gasteiger partial charge in [0.05, 0.1) is 12.2 Å². The highest BCUT2D eigenvalue weighted by Gasteiger charge is 2.07. The summed E-state index contributed by atoms with van der Waals surface area (Å²) in [6.45, 7) is 4.34. The largest absolute Gasteiger partial charge is 0.346 e. The van der Waals surface area contributed by atoms with Crippen LogP contribution in [0.2, 0.25) is 0 Å². The van der Waals surface area contributed by atoms with Crippen molar-refractivity contribution >= 4 is 21.8 Å². The van der Waals surface area contributed by atoms with Crippen LogP contribution in [0.25, 0.3) is 0 Å². The number of pyridine rings is 1. The molecule has 4 heteroatoms. The minimum absolute atomic E-state index is 0.0843. The third kappa shape index (κ3) is 3.64. The number of hydrogen-bond donors (Lipinski definition) is 1. The van der Waals surface area contributed by atoms with Gasteiger partial charge in [-0.2, -0.15) is 0 Å². The second kappa shape index (κ2) is 5.97. The summed E-state index contributed by atoms with van der Waals surface area (Å²) in [7, 11) is 0. The lowest BCUT2D eigenvalue weighted by molar-refractivity contribution is 0.0950. The fourth-order valence-electron chi connectivity index (χ4n) is 1.76. The molecular weight excluding hydrogens is 304 g/mol. The van der Waals surface area contributed by atoms with Crippen molar-refractivity contribution in [3.63, 3.8) is 0 Å². The summed E-state index contributed by atoms with van der Waals surface area (Å²) in [5.41, 5.74) is 3.52. The first-order valence-electron chi connectivity index (χ1n) is 6.03. The molecule has 0 unspecified atom stereocenters. The molecule has 1 aromatic heterocycles. The van der Waals surface area contributed by atoms with Gasteiger partial charge in [-0.1, -0.05) is 22.0 Å². The molecule has 0 aliphatic heterocycles. The highest BCUT2D eigenvalue weighted by Crippen LogP contribution is 2.17. The minimum Gasteiger partial charge on any atom is -0.346 e. The molecule has 2 aromatic rings. The van der Waals surface area contributed by atoms with Gasteiger partial charge in [0, 0.05) is 15.7 Å². The van der Waals surface area contributed by atoms with E-state index < -0.39 is 0 Å². The lowest BCUT2D eigenvalue weighted by Gasteiger charge is -2.07. The van der Waals surface area contributed by atoms with E-state index in [-0.39, 0.29) is 5.91 Å². The van der Waals surface area contributed by atoms with Gasteiger partial charge in [0.2, 0.25) is 0 Å². The molecule has 0 saturated carbocycles. The molecule has 2 rings (SSSR count). The number of benzene rings is 1. The number of amides is 1. The van der Waals surface area contributed by atoms with Crippen LogP contribution in [0.3, 0.4) is 0 Å². The standard InChI is InChI=1S/C15H15BrN2O/c1-10-8-12(6-7-14(10)16)15(19)17-9-13-5-3-4-11(2)18-13/h3-8H,9H2,1-2H3,(H,17,19). The Kier molecular flexibility index (Phi) is 4.32. The average molecular weight is 319 g/mol. The van der Waals surface area contributed by atoms with Gasteiger partial charge >= 0.3 is 0 Å². The van der Waals surface area contributed by atoms with Crippen molar-refractivity contribution in [1.29, 1.82) is 0 Å². The van der Waals surface area contributed by atoms with Gasteiger partial charge in [-0.05, 0) is 49.7 Å². The normalized spacial score (nSPS) is 10.3. The molecule has 0 spiro atoms. The Balaban J connectivity index is 2.03. The lowest BCUT2D eigenvalue weighted by atomic mass is 10.1. The van der Waals surface area contributed by atoms with Crippen LogP contribution >= 0.6 is 15.9 Å². The zero-order valence-electron chi connectivity index (χ0n) is 10.9. The van der Waals surface area contributed by atoms with E-state index in [4.69, 9.17) is 0 Å². The summed E-state index contributed by atoms with van der Waals surface area (Å²) in [4.78, 5) is 16.4. The number of aromatic nitrogens is 1. The number of nitrogens with one attached hydrogen (secondary N) is 1. The summed E-state index contributed by atoms with van der Waals surface area (Å²) >= 11 is 3.42. The number of carbonyl (C=O) groups excluding carboxylic acids is 1. The Morgan fingerprint density at radius 2 is 2.05 bits per heavy atom. The van der Waals surface area contributed by atoms with Crippen LogP contribution in [0, 0.1) is 13.8 Å². The quantitative estimate of drug-likeness (QED) is 0.942. The lowest BCUT2D eigenvalue weighted by Crippen LogP contribution is -2.23. The second-order valence-electron chi connectivity index (χ2n) is 4.42. The van der Waals surface area contributed by atoms with Crippen LogP contribution in [0.4, 0.5) is 0 Å². The van der Waals surface area contributed by atoms with E-state index in [1.54, 1.807) is 6.07 Å². The van der Waals surface area contributed by atoms with E-state index in [1.807, 2.05) is 44.2 Å². The van der Waals surface area contributed by atoms with Gasteiger partial charge in [-0.25, -0.2) is 0 Å². The van der Waals surface area contributed by atoms with E-state index in [0.717, 1.165) is 21.4 Å². The summed E-state index contributed by atoms with van der Waals surface area (Å²) in [6, 6.07) is 11.3. The third-order valence-electron chi connectivity index (χ3n) is 2.80. The first-order valence-corrected chi connectivity index (χ1v) is 6.82. The van der Waals surface area contributed by atoms with Crippen LogP contribution in [0.15, 0.2) is 40.9 Å². The maximum Gasteiger partial charge on any atom is 0.251 e. The Morgan fingerprint density at radius 1 is 1.26 bits per heavy atom. The maximum atomic E-state index is 12.0. The molecule has 1 N–H and O–H groups in total. The van der Waals surface area contributed by atoms with Crippen molar-refractivity contribution in [2.45, 2.75) is 20.4 Å². The molecule has 0 bridgehead atoms. The Bertz CT molecular complexity index is 611. The van der Waals surface area contributed by atoms with E-state index >= 15 is 0 Å². The number of hydrogen-bond acceptors (Lipinski definition) is 2. The molecule has 19 heavy (non-hydrogen) atoms. The number of halogens is 1. The van der Waals surface area contributed by atoms with Crippen LogP contribution in [0.1, 0.15) is 27.3 Å². The Morgan fingerprint density at radius 3 is 2.74 bits per heavy atom. The van der Waals surface area contributed by atoms with Crippen molar-refractivity contribution < 1.29 is 4.79 Å². The number of rotatable bonds is 3. The summed E-state index contributed by atoms with van der Waals surface area (Å²) in [6.07, 6.45) is 0. The van der Waals surface area contributed by atoms with Crippen molar-refractivity contribution in [2.75, 3.05) is 0 Å². The van der Waals surface area contributed by atoms with Crippen molar-refractivity contribution in [3.8, 4) is 0 Å². The van der Waals surface area contributed by atoms with Gasteiger partial charge in [-0.15, -0.1) is 0 Å². The van der Waals surface area contributed by atoms with Crippen LogP contribution in [-0.2, 0) is 6.54 Å². The van der Waals surface area contributed by atoms with Gasteiger partial charge in [0.1, 0.15) is 0 Å². The molecule has 0 radical (unpaired) electrons. The summed E-state index contributed by atoms with van der Waals surface area (Å²) in [5, 5.41) is 2.87. The van der Waals surface area contributed by atoms with E-state index in [2.05, 4.69) is 26.2 Å². The van der Waals surface area contributed by atoms with Gasteiger partial charge in [0.25, 0.3) is 5.91 Å². The van der Waals surface area contributed by atoms with Crippen molar-refractivity contribution in [3.05, 3.63) is 63.4 Å². The smallest absolute Gasteiger partial charge is 0.251 e. The topological polar surface area (TPSA) is 42.0 Å². The summed E-state index contributed by atoms with van der Waals surface area (Å²) in [5.74, 6) is -0.0843. The molecule has 0 aliphatic rings. The predicted octanol–water partition coefficient (Wildman–Crippen LogP) is 3.39. The first kappa shape index (κ1) is 13.7. The van der Waals surface area contributed by atoms with Crippen LogP contribution < -0.4 is 5.32 Å². The number of carbonyl (C=O) groups is 1. The molecule has 1 heterocycles. The predicted molar refractivity (Wildman–Crippen MR) is 79.0 cm³/mol. The fraction of sp³-hybridized carbons (Fsp3) is 0.200. The first-order chi connectivity index (χ1) is 9.06. The zero-order valence-corrected chi connectivity index (χ0v) is 12.5. The number of nitrogens with zero attached hydrogens (tertiary/aromatic N) is 1. The molecule has 1 aromatic carbocycles. The van der Waals surface area contributed by atoms with E-state index in [0.29, 0.717) is 12.1 Å². The van der Waals surface area contributed by atoms with Gasteiger partial charge in [-0.3, -0.25) is 9.78 Å². The fourth-order valence-corrected chi connectivity index (χ4v) is 2.00. The molecule has 3 nitrogen and oxygen atoms in total. The maximum absolute atomic E-state index is 12.0. The molecule has 0 fully saturated rings. The van der Waals surface area contributed by atoms with Gasteiger partial charge in [0.15, 0.2) is 0 Å². The molecule has 0 atom stereocenters. The SMILES string of the molecule is Cc1cccc(CNC(=O)c2ccc(Br)c(C)c2)n1.